The van der Waals surface area contributed by atoms with Crippen LogP contribution in [-0.2, 0) is 24.2 Å². The summed E-state index contributed by atoms with van der Waals surface area (Å²) >= 11 is 1.53. The van der Waals surface area contributed by atoms with Crippen molar-refractivity contribution in [1.82, 2.24) is 14.5 Å². The molecule has 1 amide bonds. The van der Waals surface area contributed by atoms with Crippen molar-refractivity contribution in [1.29, 1.82) is 0 Å². The first-order valence-corrected chi connectivity index (χ1v) is 10.5. The number of rotatable bonds is 6. The van der Waals surface area contributed by atoms with E-state index in [-0.39, 0.29) is 18.0 Å². The van der Waals surface area contributed by atoms with Gasteiger partial charge in [0.2, 0.25) is 5.91 Å². The molecular weight excluding hydrogens is 388 g/mol. The highest BCUT2D eigenvalue weighted by atomic mass is 32.1. The molecule has 1 aromatic carbocycles. The maximum atomic E-state index is 12.4. The molecule has 8 heteroatoms. The molecule has 0 spiro atoms. The van der Waals surface area contributed by atoms with Crippen LogP contribution in [0.15, 0.2) is 41.5 Å². The van der Waals surface area contributed by atoms with Gasteiger partial charge in [0.1, 0.15) is 12.3 Å². The molecule has 0 bridgehead atoms. The molecule has 0 fully saturated rings. The molecule has 2 aromatic heterocycles. The summed E-state index contributed by atoms with van der Waals surface area (Å²) in [5.74, 6) is 0.485. The van der Waals surface area contributed by atoms with Crippen LogP contribution >= 0.6 is 11.3 Å². The van der Waals surface area contributed by atoms with Gasteiger partial charge in [0.05, 0.1) is 24.3 Å². The van der Waals surface area contributed by atoms with Crippen LogP contribution in [0.4, 0.5) is 5.13 Å². The highest BCUT2D eigenvalue weighted by Crippen LogP contribution is 2.29. The second-order valence-electron chi connectivity index (χ2n) is 6.84. The molecule has 29 heavy (non-hydrogen) atoms. The Bertz CT molecular complexity index is 1050. The highest BCUT2D eigenvalue weighted by molar-refractivity contribution is 7.15. The van der Waals surface area contributed by atoms with Crippen LogP contribution in [0.25, 0.3) is 11.3 Å². The van der Waals surface area contributed by atoms with E-state index < -0.39 is 0 Å². The number of thiazole rings is 1. The lowest BCUT2D eigenvalue weighted by Gasteiger charge is -2.07. The van der Waals surface area contributed by atoms with Crippen molar-refractivity contribution in [3.05, 3.63) is 57.6 Å². The van der Waals surface area contributed by atoms with Crippen LogP contribution < -0.4 is 15.6 Å². The average molecular weight is 410 g/mol. The summed E-state index contributed by atoms with van der Waals surface area (Å²) in [5.41, 5.74) is 2.19. The zero-order chi connectivity index (χ0) is 20.2. The quantitative estimate of drug-likeness (QED) is 0.674. The summed E-state index contributed by atoms with van der Waals surface area (Å²) in [6, 6.07) is 8.83. The van der Waals surface area contributed by atoms with Crippen molar-refractivity contribution >= 4 is 22.4 Å². The van der Waals surface area contributed by atoms with Gasteiger partial charge >= 0.3 is 0 Å². The number of hydrogen-bond donors (Lipinski definition) is 1. The first-order valence-electron chi connectivity index (χ1n) is 9.70. The first kappa shape index (κ1) is 19.3. The van der Waals surface area contributed by atoms with Crippen LogP contribution in [0.3, 0.4) is 0 Å². The largest absolute Gasteiger partial charge is 0.494 e. The number of fused-ring (bicyclic) bond motifs is 1. The van der Waals surface area contributed by atoms with E-state index in [2.05, 4.69) is 15.3 Å². The lowest BCUT2D eigenvalue weighted by Crippen LogP contribution is -2.27. The Kier molecular flexibility index (Phi) is 5.71. The molecule has 0 saturated carbocycles. The fourth-order valence-corrected chi connectivity index (χ4v) is 4.38. The van der Waals surface area contributed by atoms with Gasteiger partial charge in [-0.2, -0.15) is 0 Å². The normalized spacial score (nSPS) is 13.0. The number of hydrogen-bond acceptors (Lipinski definition) is 6. The Hall–Kier alpha value is -3.00. The van der Waals surface area contributed by atoms with E-state index in [0.29, 0.717) is 17.4 Å². The lowest BCUT2D eigenvalue weighted by molar-refractivity contribution is -0.116. The molecule has 0 aliphatic heterocycles. The number of amides is 1. The fourth-order valence-electron chi connectivity index (χ4n) is 3.31. The van der Waals surface area contributed by atoms with Gasteiger partial charge in [-0.25, -0.2) is 9.97 Å². The van der Waals surface area contributed by atoms with Crippen LogP contribution in [0.1, 0.15) is 30.3 Å². The molecule has 1 aliphatic carbocycles. The maximum absolute atomic E-state index is 12.4. The number of nitrogens with zero attached hydrogens (tertiary/aromatic N) is 3. The Morgan fingerprint density at radius 3 is 2.76 bits per heavy atom. The van der Waals surface area contributed by atoms with Crippen molar-refractivity contribution in [3.8, 4) is 17.0 Å². The summed E-state index contributed by atoms with van der Waals surface area (Å²) < 4.78 is 6.72. The van der Waals surface area contributed by atoms with Crippen molar-refractivity contribution < 1.29 is 9.53 Å². The minimum absolute atomic E-state index is 0.0976. The van der Waals surface area contributed by atoms with Gasteiger partial charge < -0.3 is 10.1 Å². The summed E-state index contributed by atoms with van der Waals surface area (Å²) in [6.45, 7) is 2.42. The molecular formula is C21H22N4O3S. The average Bonchev–Trinajstić information content (AvgIpc) is 3.12. The lowest BCUT2D eigenvalue weighted by atomic mass is 10.0. The Labute approximate surface area is 172 Å². The van der Waals surface area contributed by atoms with E-state index >= 15 is 0 Å². The first-order chi connectivity index (χ1) is 14.1. The van der Waals surface area contributed by atoms with Gasteiger partial charge in [-0.3, -0.25) is 14.2 Å². The number of carbonyl (C=O) groups excluding carboxylic acids is 1. The van der Waals surface area contributed by atoms with Gasteiger partial charge in [0.25, 0.3) is 5.56 Å². The zero-order valence-electron chi connectivity index (χ0n) is 16.2. The molecule has 150 valence electrons. The van der Waals surface area contributed by atoms with Gasteiger partial charge in [0, 0.05) is 16.5 Å². The molecule has 0 saturated heterocycles. The number of aromatic nitrogens is 3. The smallest absolute Gasteiger partial charge is 0.254 e. The van der Waals surface area contributed by atoms with Crippen LogP contribution in [0, 0.1) is 0 Å². The highest BCUT2D eigenvalue weighted by Gasteiger charge is 2.16. The van der Waals surface area contributed by atoms with Gasteiger partial charge in [-0.15, -0.1) is 11.3 Å². The van der Waals surface area contributed by atoms with Gasteiger partial charge in [0.15, 0.2) is 5.13 Å². The third-order valence-corrected chi connectivity index (χ3v) is 5.82. The summed E-state index contributed by atoms with van der Waals surface area (Å²) in [4.78, 5) is 34.9. The summed E-state index contributed by atoms with van der Waals surface area (Å²) in [6.07, 6.45) is 5.72. The van der Waals surface area contributed by atoms with E-state index in [1.54, 1.807) is 0 Å². The van der Waals surface area contributed by atoms with E-state index in [9.17, 15) is 9.59 Å². The van der Waals surface area contributed by atoms with E-state index in [1.165, 1.54) is 39.6 Å². The molecule has 0 unspecified atom stereocenters. The van der Waals surface area contributed by atoms with Crippen molar-refractivity contribution in [2.45, 2.75) is 39.2 Å². The third-order valence-electron chi connectivity index (χ3n) is 4.75. The second-order valence-corrected chi connectivity index (χ2v) is 7.93. The van der Waals surface area contributed by atoms with Crippen LogP contribution in [-0.4, -0.2) is 27.0 Å². The van der Waals surface area contributed by atoms with Gasteiger partial charge in [-0.05, 0) is 56.9 Å². The monoisotopic (exact) mass is 410 g/mol. The van der Waals surface area contributed by atoms with E-state index in [1.807, 2.05) is 31.2 Å². The summed E-state index contributed by atoms with van der Waals surface area (Å²) in [5, 5.41) is 3.41. The SMILES string of the molecule is CCOc1ccc(-c2cc(=O)n(CC(=O)Nc3nc4c(s3)CCCC4)cn2)cc1. The van der Waals surface area contributed by atoms with Gasteiger partial charge in [-0.1, -0.05) is 0 Å². The van der Waals surface area contributed by atoms with Crippen molar-refractivity contribution in [2.75, 3.05) is 11.9 Å². The Balaban J connectivity index is 1.43. The maximum Gasteiger partial charge on any atom is 0.254 e. The minimum Gasteiger partial charge on any atom is -0.494 e. The number of benzene rings is 1. The molecule has 0 radical (unpaired) electrons. The van der Waals surface area contributed by atoms with Crippen molar-refractivity contribution in [2.24, 2.45) is 0 Å². The van der Waals surface area contributed by atoms with Crippen LogP contribution in [0.2, 0.25) is 0 Å². The second kappa shape index (κ2) is 8.57. The number of aryl methyl sites for hydroxylation is 2. The van der Waals surface area contributed by atoms with E-state index in [4.69, 9.17) is 4.74 Å². The molecule has 1 aliphatic rings. The zero-order valence-corrected chi connectivity index (χ0v) is 17.0. The molecule has 2 heterocycles. The molecule has 1 N–H and O–H groups in total. The van der Waals surface area contributed by atoms with E-state index in [0.717, 1.165) is 36.3 Å². The predicted octanol–water partition coefficient (Wildman–Crippen LogP) is 3.28. The molecule has 4 rings (SSSR count). The topological polar surface area (TPSA) is 86.1 Å². The molecule has 0 atom stereocenters. The fraction of sp³-hybridized carbons (Fsp3) is 0.333. The number of anilines is 1. The predicted molar refractivity (Wildman–Crippen MR) is 112 cm³/mol. The number of nitrogens with one attached hydrogen (secondary N) is 1. The minimum atomic E-state index is -0.284. The van der Waals surface area contributed by atoms with Crippen molar-refractivity contribution in [3.63, 3.8) is 0 Å². The summed E-state index contributed by atoms with van der Waals surface area (Å²) in [7, 11) is 0. The Morgan fingerprint density at radius 1 is 1.24 bits per heavy atom. The standard InChI is InChI=1S/C21H22N4O3S/c1-2-28-15-9-7-14(8-10-15)17-11-20(27)25(13-22-17)12-19(26)24-21-23-16-5-3-4-6-18(16)29-21/h7-11,13H,2-6,12H2,1H3,(H,23,24,26). The Morgan fingerprint density at radius 2 is 2.03 bits per heavy atom. The number of ether oxygens (including phenoxy) is 1. The molecule has 3 aromatic rings. The number of carbonyl (C=O) groups is 1. The third kappa shape index (κ3) is 4.54. The molecule has 7 nitrogen and oxygen atoms in total. The van der Waals surface area contributed by atoms with Crippen LogP contribution in [0.5, 0.6) is 5.75 Å².